The molecule has 0 N–H and O–H groups in total. The van der Waals surface area contributed by atoms with Crippen LogP contribution in [0.2, 0.25) is 0 Å². The van der Waals surface area contributed by atoms with Crippen LogP contribution in [0.15, 0.2) is 158 Å². The van der Waals surface area contributed by atoms with E-state index in [1.165, 1.54) is 65.3 Å². The van der Waals surface area contributed by atoms with Gasteiger partial charge in [-0.05, 0) is 95.2 Å². The summed E-state index contributed by atoms with van der Waals surface area (Å²) in [7, 11) is 0. The Morgan fingerprint density at radius 3 is 1.57 bits per heavy atom. The zero-order valence-electron chi connectivity index (χ0n) is 23.9. The van der Waals surface area contributed by atoms with E-state index in [4.69, 9.17) is 4.98 Å². The summed E-state index contributed by atoms with van der Waals surface area (Å²) in [5.74, 6) is 0. The number of rotatable bonds is 3. The molecule has 204 valence electrons. The highest BCUT2D eigenvalue weighted by Crippen LogP contribution is 2.46. The molecule has 0 fully saturated rings. The van der Waals surface area contributed by atoms with Gasteiger partial charge in [0.15, 0.2) is 0 Å². The number of hydrogen-bond donors (Lipinski definition) is 0. The van der Waals surface area contributed by atoms with Gasteiger partial charge >= 0.3 is 0 Å². The quantitative estimate of drug-likeness (QED) is 0.202. The van der Waals surface area contributed by atoms with Gasteiger partial charge in [-0.1, -0.05) is 121 Å². The third-order valence-electron chi connectivity index (χ3n) is 8.91. The molecule has 44 heavy (non-hydrogen) atoms. The minimum absolute atomic E-state index is 0.898. The van der Waals surface area contributed by atoms with Gasteiger partial charge in [0.1, 0.15) is 0 Å². The van der Waals surface area contributed by atoms with Gasteiger partial charge in [-0.3, -0.25) is 9.97 Å². The van der Waals surface area contributed by atoms with E-state index in [0.717, 1.165) is 22.2 Å². The maximum absolute atomic E-state index is 4.73. The van der Waals surface area contributed by atoms with Crippen molar-refractivity contribution in [3.63, 3.8) is 0 Å². The molecule has 2 heteroatoms. The number of hydrogen-bond acceptors (Lipinski definition) is 2. The summed E-state index contributed by atoms with van der Waals surface area (Å²) >= 11 is 0. The molecule has 0 bridgehead atoms. The van der Waals surface area contributed by atoms with E-state index in [1.807, 2.05) is 6.07 Å². The van der Waals surface area contributed by atoms with Gasteiger partial charge in [0.2, 0.25) is 0 Å². The fraction of sp³-hybridized carbons (Fsp3) is 0. The van der Waals surface area contributed by atoms with Gasteiger partial charge in [-0.2, -0.15) is 0 Å². The SMILES string of the molecule is c1ccc2cc(-c3c4ccccc4c(-c4ccc5ccccc5c4)c4cc(-c5cccc6nccnc56)ccc34)ccc2c1. The normalized spacial score (nSPS) is 11.6. The topological polar surface area (TPSA) is 25.8 Å². The van der Waals surface area contributed by atoms with E-state index in [2.05, 4.69) is 145 Å². The Hall–Kier alpha value is -5.86. The molecule has 0 amide bonds. The Morgan fingerprint density at radius 1 is 0.341 bits per heavy atom. The number of aromatic nitrogens is 2. The zero-order valence-corrected chi connectivity index (χ0v) is 23.9. The summed E-state index contributed by atoms with van der Waals surface area (Å²) in [5.41, 5.74) is 8.97. The summed E-state index contributed by atoms with van der Waals surface area (Å²) in [6.45, 7) is 0. The predicted octanol–water partition coefficient (Wildman–Crippen LogP) is 11.2. The minimum Gasteiger partial charge on any atom is -0.253 e. The molecule has 1 heterocycles. The molecule has 0 atom stereocenters. The fourth-order valence-electron chi connectivity index (χ4n) is 6.88. The molecule has 8 aromatic carbocycles. The molecule has 0 aliphatic rings. The maximum Gasteiger partial charge on any atom is 0.0965 e. The van der Waals surface area contributed by atoms with Crippen molar-refractivity contribution in [2.45, 2.75) is 0 Å². The number of fused-ring (bicyclic) bond motifs is 5. The van der Waals surface area contributed by atoms with Crippen molar-refractivity contribution >= 4 is 54.1 Å². The van der Waals surface area contributed by atoms with E-state index < -0.39 is 0 Å². The third-order valence-corrected chi connectivity index (χ3v) is 8.91. The third kappa shape index (κ3) is 3.89. The highest BCUT2D eigenvalue weighted by Gasteiger charge is 2.18. The Kier molecular flexibility index (Phi) is 5.54. The zero-order chi connectivity index (χ0) is 29.0. The van der Waals surface area contributed by atoms with E-state index >= 15 is 0 Å². The Morgan fingerprint density at radius 2 is 0.886 bits per heavy atom. The predicted molar refractivity (Wildman–Crippen MR) is 186 cm³/mol. The summed E-state index contributed by atoms with van der Waals surface area (Å²) < 4.78 is 0. The molecule has 0 radical (unpaired) electrons. The molecule has 0 aliphatic heterocycles. The average Bonchev–Trinajstić information content (AvgIpc) is 3.09. The fourth-order valence-corrected chi connectivity index (χ4v) is 6.88. The van der Waals surface area contributed by atoms with E-state index in [9.17, 15) is 0 Å². The first kappa shape index (κ1) is 24.7. The smallest absolute Gasteiger partial charge is 0.0965 e. The van der Waals surface area contributed by atoms with Crippen LogP contribution in [0.3, 0.4) is 0 Å². The van der Waals surface area contributed by atoms with Crippen molar-refractivity contribution in [1.29, 1.82) is 0 Å². The lowest BCUT2D eigenvalue weighted by molar-refractivity contribution is 1.29. The van der Waals surface area contributed by atoms with Gasteiger partial charge in [0, 0.05) is 18.0 Å². The average molecular weight is 559 g/mol. The van der Waals surface area contributed by atoms with Crippen molar-refractivity contribution in [3.05, 3.63) is 158 Å². The minimum atomic E-state index is 0.898. The summed E-state index contributed by atoms with van der Waals surface area (Å²) in [5, 5.41) is 9.92. The second-order valence-electron chi connectivity index (χ2n) is 11.4. The van der Waals surface area contributed by atoms with Gasteiger partial charge in [-0.15, -0.1) is 0 Å². The van der Waals surface area contributed by atoms with Crippen LogP contribution in [0.5, 0.6) is 0 Å². The van der Waals surface area contributed by atoms with E-state index in [0.29, 0.717) is 0 Å². The van der Waals surface area contributed by atoms with Crippen molar-refractivity contribution in [2.24, 2.45) is 0 Å². The molecule has 0 unspecified atom stereocenters. The van der Waals surface area contributed by atoms with Gasteiger partial charge in [-0.25, -0.2) is 0 Å². The van der Waals surface area contributed by atoms with E-state index in [1.54, 1.807) is 12.4 Å². The van der Waals surface area contributed by atoms with Crippen molar-refractivity contribution in [3.8, 4) is 33.4 Å². The summed E-state index contributed by atoms with van der Waals surface area (Å²) in [4.78, 5) is 9.31. The van der Waals surface area contributed by atoms with Crippen LogP contribution >= 0.6 is 0 Å². The lowest BCUT2D eigenvalue weighted by Gasteiger charge is -2.19. The maximum atomic E-state index is 4.73. The van der Waals surface area contributed by atoms with Crippen LogP contribution in [0.25, 0.3) is 87.5 Å². The molecule has 9 aromatic rings. The Labute approximate surface area is 254 Å². The monoisotopic (exact) mass is 558 g/mol. The van der Waals surface area contributed by atoms with Gasteiger partial charge in [0.05, 0.1) is 11.0 Å². The van der Waals surface area contributed by atoms with Crippen LogP contribution in [0, 0.1) is 0 Å². The molecule has 2 nitrogen and oxygen atoms in total. The molecule has 9 rings (SSSR count). The van der Waals surface area contributed by atoms with Crippen LogP contribution in [0.1, 0.15) is 0 Å². The van der Waals surface area contributed by atoms with Crippen molar-refractivity contribution in [1.82, 2.24) is 9.97 Å². The Balaban J connectivity index is 1.42. The standard InChI is InChI=1S/C42H26N2/c1-3-10-29-24-32(18-16-27(29)8-1)40-35-12-5-6-13-36(35)41(33-19-17-28-9-2-4-11-30(28)25-33)38-26-31(20-21-37(38)40)34-14-7-15-39-42(34)44-23-22-43-39/h1-26H. The van der Waals surface area contributed by atoms with Crippen molar-refractivity contribution in [2.75, 3.05) is 0 Å². The highest BCUT2D eigenvalue weighted by molar-refractivity contribution is 6.22. The largest absolute Gasteiger partial charge is 0.253 e. The molecule has 0 spiro atoms. The van der Waals surface area contributed by atoms with E-state index in [-0.39, 0.29) is 0 Å². The van der Waals surface area contributed by atoms with Crippen LogP contribution in [-0.2, 0) is 0 Å². The van der Waals surface area contributed by atoms with Crippen LogP contribution < -0.4 is 0 Å². The lowest BCUT2D eigenvalue weighted by Crippen LogP contribution is -1.93. The molecule has 1 aromatic heterocycles. The lowest BCUT2D eigenvalue weighted by atomic mass is 9.84. The highest BCUT2D eigenvalue weighted by atomic mass is 14.8. The first-order valence-corrected chi connectivity index (χ1v) is 15.0. The Bertz CT molecular complexity index is 2560. The number of nitrogens with zero attached hydrogens (tertiary/aromatic N) is 2. The van der Waals surface area contributed by atoms with Gasteiger partial charge in [0.25, 0.3) is 0 Å². The number of para-hydroxylation sites is 1. The summed E-state index contributed by atoms with van der Waals surface area (Å²) in [6, 6.07) is 52.9. The first-order valence-electron chi connectivity index (χ1n) is 15.0. The number of benzene rings is 8. The first-order chi connectivity index (χ1) is 21.8. The molecule has 0 saturated heterocycles. The molecular formula is C42H26N2. The molecular weight excluding hydrogens is 532 g/mol. The summed E-state index contributed by atoms with van der Waals surface area (Å²) in [6.07, 6.45) is 3.53. The van der Waals surface area contributed by atoms with Crippen LogP contribution in [0.4, 0.5) is 0 Å². The second-order valence-corrected chi connectivity index (χ2v) is 11.4. The van der Waals surface area contributed by atoms with Crippen molar-refractivity contribution < 1.29 is 0 Å². The molecule has 0 saturated carbocycles. The second kappa shape index (κ2) is 9.86. The van der Waals surface area contributed by atoms with Gasteiger partial charge < -0.3 is 0 Å². The molecule has 0 aliphatic carbocycles. The van der Waals surface area contributed by atoms with Crippen LogP contribution in [-0.4, -0.2) is 9.97 Å².